The number of amides is 1. The Hall–Kier alpha value is -1.93. The average Bonchev–Trinajstić information content (AvgIpc) is 3.20. The Kier molecular flexibility index (Phi) is 5.86. The molecule has 0 N–H and O–H groups in total. The van der Waals surface area contributed by atoms with Gasteiger partial charge in [0.2, 0.25) is 0 Å². The highest BCUT2D eigenvalue weighted by molar-refractivity contribution is 7.91. The van der Waals surface area contributed by atoms with Crippen LogP contribution in [-0.4, -0.2) is 55.9 Å². The highest BCUT2D eigenvalue weighted by Gasteiger charge is 2.35. The van der Waals surface area contributed by atoms with Crippen molar-refractivity contribution >= 4 is 43.1 Å². The number of carbonyl (C=O) groups is 2. The highest BCUT2D eigenvalue weighted by Crippen LogP contribution is 2.26. The molecule has 27 heavy (non-hydrogen) atoms. The van der Waals surface area contributed by atoms with Crippen molar-refractivity contribution in [2.45, 2.75) is 26.3 Å². The number of rotatable bonds is 6. The smallest absolute Gasteiger partial charge is 0.348 e. The summed E-state index contributed by atoms with van der Waals surface area (Å²) in [5.74, 6) is -0.611. The predicted molar refractivity (Wildman–Crippen MR) is 106 cm³/mol. The maximum atomic E-state index is 12.6. The molecule has 1 saturated heterocycles. The molecule has 0 aliphatic carbocycles. The maximum absolute atomic E-state index is 12.6. The van der Waals surface area contributed by atoms with E-state index in [-0.39, 0.29) is 36.0 Å². The van der Waals surface area contributed by atoms with Crippen LogP contribution in [0.1, 0.15) is 29.9 Å². The van der Waals surface area contributed by atoms with Crippen LogP contribution < -0.4 is 0 Å². The number of esters is 1. The van der Waals surface area contributed by atoms with E-state index in [9.17, 15) is 18.0 Å². The second kappa shape index (κ2) is 7.98. The fourth-order valence-electron chi connectivity index (χ4n) is 3.23. The normalized spacial score (nSPS) is 18.7. The van der Waals surface area contributed by atoms with Crippen molar-refractivity contribution in [1.29, 1.82) is 0 Å². The van der Waals surface area contributed by atoms with Crippen molar-refractivity contribution in [3.8, 4) is 0 Å². The zero-order valence-corrected chi connectivity index (χ0v) is 17.0. The molecule has 2 aromatic rings. The van der Waals surface area contributed by atoms with E-state index in [0.717, 1.165) is 10.1 Å². The van der Waals surface area contributed by atoms with E-state index >= 15 is 0 Å². The van der Waals surface area contributed by atoms with Gasteiger partial charge in [-0.05, 0) is 29.9 Å². The summed E-state index contributed by atoms with van der Waals surface area (Å²) in [6, 6.07) is 9.05. The molecule has 8 heteroatoms. The molecular weight excluding hydrogens is 386 g/mol. The van der Waals surface area contributed by atoms with Crippen LogP contribution in [0.25, 0.3) is 10.1 Å². The van der Waals surface area contributed by atoms with E-state index in [1.165, 1.54) is 11.3 Å². The minimum absolute atomic E-state index is 0.0181. The molecule has 1 aliphatic rings. The van der Waals surface area contributed by atoms with E-state index in [0.29, 0.717) is 17.8 Å². The molecule has 146 valence electrons. The average molecular weight is 410 g/mol. The lowest BCUT2D eigenvalue weighted by Crippen LogP contribution is -2.45. The van der Waals surface area contributed by atoms with Crippen LogP contribution in [0.3, 0.4) is 0 Å². The monoisotopic (exact) mass is 409 g/mol. The SMILES string of the molecule is CC(C)CN(C(=O)COC(=O)c1cc2ccccc2s1)C1CCS(=O)(=O)C1. The number of thiophene rings is 1. The fourth-order valence-corrected chi connectivity index (χ4v) is 5.92. The summed E-state index contributed by atoms with van der Waals surface area (Å²) in [5, 5.41) is 0.957. The van der Waals surface area contributed by atoms with Crippen molar-refractivity contribution in [2.24, 2.45) is 5.92 Å². The third-order valence-electron chi connectivity index (χ3n) is 4.48. The molecule has 0 spiro atoms. The molecule has 1 aromatic carbocycles. The fraction of sp³-hybridized carbons (Fsp3) is 0.474. The Morgan fingerprint density at radius 1 is 1.30 bits per heavy atom. The molecule has 1 fully saturated rings. The molecule has 1 aliphatic heterocycles. The Morgan fingerprint density at radius 3 is 2.67 bits per heavy atom. The van der Waals surface area contributed by atoms with E-state index in [1.807, 2.05) is 38.1 Å². The van der Waals surface area contributed by atoms with E-state index in [1.54, 1.807) is 11.0 Å². The summed E-state index contributed by atoms with van der Waals surface area (Å²) in [6.45, 7) is 4.00. The number of hydrogen-bond acceptors (Lipinski definition) is 6. The molecular formula is C19H23NO5S2. The van der Waals surface area contributed by atoms with Gasteiger partial charge in [0, 0.05) is 17.3 Å². The lowest BCUT2D eigenvalue weighted by Gasteiger charge is -2.29. The maximum Gasteiger partial charge on any atom is 0.348 e. The van der Waals surface area contributed by atoms with Crippen molar-refractivity contribution in [2.75, 3.05) is 24.7 Å². The number of nitrogens with zero attached hydrogens (tertiary/aromatic N) is 1. The number of benzene rings is 1. The minimum Gasteiger partial charge on any atom is -0.451 e. The summed E-state index contributed by atoms with van der Waals surface area (Å²) in [6.07, 6.45) is 0.436. The van der Waals surface area contributed by atoms with E-state index in [4.69, 9.17) is 4.74 Å². The second-order valence-electron chi connectivity index (χ2n) is 7.22. The van der Waals surface area contributed by atoms with Crippen molar-refractivity contribution in [3.63, 3.8) is 0 Å². The Labute approximate surface area is 163 Å². The lowest BCUT2D eigenvalue weighted by molar-refractivity contribution is -0.137. The van der Waals surface area contributed by atoms with Gasteiger partial charge in [-0.25, -0.2) is 13.2 Å². The topological polar surface area (TPSA) is 80.8 Å². The zero-order chi connectivity index (χ0) is 19.6. The number of hydrogen-bond donors (Lipinski definition) is 0. The molecule has 0 bridgehead atoms. The van der Waals surface area contributed by atoms with Crippen LogP contribution in [0.4, 0.5) is 0 Å². The van der Waals surface area contributed by atoms with Gasteiger partial charge in [-0.1, -0.05) is 32.0 Å². The van der Waals surface area contributed by atoms with Gasteiger partial charge in [0.05, 0.1) is 11.5 Å². The third-order valence-corrected chi connectivity index (χ3v) is 7.33. The first-order valence-electron chi connectivity index (χ1n) is 8.91. The summed E-state index contributed by atoms with van der Waals surface area (Å²) in [5.41, 5.74) is 0. The second-order valence-corrected chi connectivity index (χ2v) is 10.5. The van der Waals surface area contributed by atoms with Gasteiger partial charge in [0.15, 0.2) is 16.4 Å². The van der Waals surface area contributed by atoms with Crippen LogP contribution in [-0.2, 0) is 19.4 Å². The van der Waals surface area contributed by atoms with E-state index in [2.05, 4.69) is 0 Å². The first-order valence-corrected chi connectivity index (χ1v) is 11.5. The van der Waals surface area contributed by atoms with Crippen molar-refractivity contribution < 1.29 is 22.7 Å². The van der Waals surface area contributed by atoms with Crippen LogP contribution in [0.5, 0.6) is 0 Å². The molecule has 6 nitrogen and oxygen atoms in total. The van der Waals surface area contributed by atoms with E-state index < -0.39 is 15.8 Å². The summed E-state index contributed by atoms with van der Waals surface area (Å²) in [7, 11) is -3.10. The van der Waals surface area contributed by atoms with Gasteiger partial charge >= 0.3 is 5.97 Å². The van der Waals surface area contributed by atoms with Crippen LogP contribution in [0, 0.1) is 5.92 Å². The molecule has 2 heterocycles. The molecule has 0 saturated carbocycles. The Balaban J connectivity index is 1.65. The van der Waals surface area contributed by atoms with Gasteiger partial charge in [0.25, 0.3) is 5.91 Å². The molecule has 3 rings (SSSR count). The highest BCUT2D eigenvalue weighted by atomic mass is 32.2. The van der Waals surface area contributed by atoms with Gasteiger partial charge in [-0.15, -0.1) is 11.3 Å². The molecule has 1 amide bonds. The summed E-state index contributed by atoms with van der Waals surface area (Å²) < 4.78 is 29.7. The largest absolute Gasteiger partial charge is 0.451 e. The van der Waals surface area contributed by atoms with Gasteiger partial charge in [-0.3, -0.25) is 4.79 Å². The number of sulfone groups is 1. The van der Waals surface area contributed by atoms with Gasteiger partial charge in [0.1, 0.15) is 4.88 Å². The van der Waals surface area contributed by atoms with Crippen LogP contribution in [0.15, 0.2) is 30.3 Å². The number of carbonyl (C=O) groups excluding carboxylic acids is 2. The molecule has 1 unspecified atom stereocenters. The number of ether oxygens (including phenoxy) is 1. The molecule has 1 atom stereocenters. The predicted octanol–water partition coefficient (Wildman–Crippen LogP) is 2.73. The van der Waals surface area contributed by atoms with Gasteiger partial charge < -0.3 is 9.64 Å². The van der Waals surface area contributed by atoms with Crippen LogP contribution >= 0.6 is 11.3 Å². The zero-order valence-electron chi connectivity index (χ0n) is 15.4. The third kappa shape index (κ3) is 4.87. The minimum atomic E-state index is -3.10. The lowest BCUT2D eigenvalue weighted by atomic mass is 10.1. The van der Waals surface area contributed by atoms with Crippen molar-refractivity contribution in [1.82, 2.24) is 4.90 Å². The Morgan fingerprint density at radius 2 is 2.04 bits per heavy atom. The summed E-state index contributed by atoms with van der Waals surface area (Å²) in [4.78, 5) is 27.0. The van der Waals surface area contributed by atoms with Gasteiger partial charge in [-0.2, -0.15) is 0 Å². The standard InChI is InChI=1S/C19H23NO5S2/c1-13(2)10-20(15-7-8-27(23,24)12-15)18(21)11-25-19(22)17-9-14-5-3-4-6-16(14)26-17/h3-6,9,13,15H,7-8,10-12H2,1-2H3. The van der Waals surface area contributed by atoms with Crippen molar-refractivity contribution in [3.05, 3.63) is 35.2 Å². The Bertz CT molecular complexity index is 915. The number of fused-ring (bicyclic) bond motifs is 1. The van der Waals surface area contributed by atoms with Crippen LogP contribution in [0.2, 0.25) is 0 Å². The molecule has 1 aromatic heterocycles. The first kappa shape index (κ1) is 19.8. The first-order chi connectivity index (χ1) is 12.7. The molecule has 0 radical (unpaired) electrons. The summed E-state index contributed by atoms with van der Waals surface area (Å²) >= 11 is 1.32. The quantitative estimate of drug-likeness (QED) is 0.686.